The maximum Gasteiger partial charge on any atom is 0.347 e. The van der Waals surface area contributed by atoms with Crippen molar-refractivity contribution in [3.05, 3.63) is 58.1 Å². The number of rotatable bonds is 10. The maximum absolute atomic E-state index is 12.8. The lowest BCUT2D eigenvalue weighted by molar-refractivity contribution is -0.757. The van der Waals surface area contributed by atoms with Crippen molar-refractivity contribution in [2.24, 2.45) is 0 Å². The van der Waals surface area contributed by atoms with Gasteiger partial charge in [-0.2, -0.15) is 0 Å². The first-order chi connectivity index (χ1) is 16.7. The van der Waals surface area contributed by atoms with E-state index in [-0.39, 0.29) is 42.2 Å². The molecule has 0 radical (unpaired) electrons. The van der Waals surface area contributed by atoms with Crippen LogP contribution < -0.4 is 20.5 Å². The van der Waals surface area contributed by atoms with Crippen LogP contribution in [-0.4, -0.2) is 54.6 Å². The Morgan fingerprint density at radius 2 is 1.86 bits per heavy atom. The van der Waals surface area contributed by atoms with Crippen LogP contribution in [0.1, 0.15) is 23.2 Å². The first kappa shape index (κ1) is 26.9. The summed E-state index contributed by atoms with van der Waals surface area (Å²) in [6.45, 7) is 2.28. The fourth-order valence-corrected chi connectivity index (χ4v) is 6.42. The van der Waals surface area contributed by atoms with Gasteiger partial charge in [-0.25, -0.2) is 4.79 Å². The molecule has 1 saturated heterocycles. The molecule has 1 aliphatic rings. The summed E-state index contributed by atoms with van der Waals surface area (Å²) in [6.07, 6.45) is -0.0778. The molecule has 1 aliphatic heterocycles. The minimum atomic E-state index is -2.37. The van der Waals surface area contributed by atoms with Crippen LogP contribution in [0.2, 0.25) is 0 Å². The number of anilines is 1. The lowest BCUT2D eigenvalue weighted by Crippen LogP contribution is -2.35. The maximum atomic E-state index is 12.8. The zero-order valence-electron chi connectivity index (χ0n) is 18.5. The van der Waals surface area contributed by atoms with E-state index in [2.05, 4.69) is 9.51 Å². The zero-order chi connectivity index (χ0) is 25.4. The van der Waals surface area contributed by atoms with E-state index in [0.29, 0.717) is 26.3 Å². The minimum absolute atomic E-state index is 0.0469. The summed E-state index contributed by atoms with van der Waals surface area (Å²) < 4.78 is 18.1. The number of nitrogen functional groups attached to an aromatic ring is 1. The highest BCUT2D eigenvalue weighted by Gasteiger charge is 2.20. The molecule has 1 unspecified atom stereocenters. The van der Waals surface area contributed by atoms with Gasteiger partial charge in [-0.1, -0.05) is 17.5 Å². The Morgan fingerprint density at radius 1 is 1.17 bits per heavy atom. The van der Waals surface area contributed by atoms with E-state index in [1.807, 2.05) is 0 Å². The Morgan fingerprint density at radius 3 is 2.51 bits per heavy atom. The summed E-state index contributed by atoms with van der Waals surface area (Å²) in [6, 6.07) is 10.9. The topological polar surface area (TPSA) is 143 Å². The Balaban J connectivity index is 1.66. The van der Waals surface area contributed by atoms with E-state index in [1.165, 1.54) is 18.2 Å². The van der Waals surface area contributed by atoms with Crippen molar-refractivity contribution in [1.29, 1.82) is 0 Å². The average Bonchev–Trinajstić information content (AvgIpc) is 2.83. The van der Waals surface area contributed by atoms with Crippen LogP contribution in [0.4, 0.5) is 5.69 Å². The molecule has 0 amide bonds. The second-order valence-electron chi connectivity index (χ2n) is 7.36. The molecule has 1 atom stereocenters. The molecule has 0 saturated carbocycles. The van der Waals surface area contributed by atoms with Crippen LogP contribution >= 0.6 is 5.39 Å². The first-order valence-corrected chi connectivity index (χ1v) is 14.3. The first-order valence-electron chi connectivity index (χ1n) is 10.5. The fourth-order valence-electron chi connectivity index (χ4n) is 3.17. The molecule has 11 nitrogen and oxygen atoms in total. The monoisotopic (exact) mass is 540 g/mol. The van der Waals surface area contributed by atoms with Gasteiger partial charge in [-0.3, -0.25) is 9.46 Å². The van der Waals surface area contributed by atoms with E-state index in [9.17, 15) is 19.7 Å². The number of benzene rings is 2. The van der Waals surface area contributed by atoms with Crippen LogP contribution in [0.3, 0.4) is 0 Å². The van der Waals surface area contributed by atoms with E-state index in [1.54, 1.807) is 24.3 Å². The molecule has 1 fully saturated rings. The molecular weight excluding hydrogens is 517 g/mol. The van der Waals surface area contributed by atoms with Gasteiger partial charge in [-0.05, 0) is 42.1 Å². The molecule has 35 heavy (non-hydrogen) atoms. The predicted molar refractivity (Wildman–Crippen MR) is 134 cm³/mol. The number of morpholine rings is 1. The van der Waals surface area contributed by atoms with Crippen molar-refractivity contribution < 1.29 is 33.7 Å². The number of hydrogen-bond acceptors (Lipinski definition) is 11. The second kappa shape index (κ2) is 12.3. The summed E-state index contributed by atoms with van der Waals surface area (Å²) in [7, 11) is 0. The van der Waals surface area contributed by atoms with Gasteiger partial charge in [-0.15, -0.1) is 21.9 Å². The van der Waals surface area contributed by atoms with Gasteiger partial charge in [0.2, 0.25) is 0 Å². The normalized spacial score (nSPS) is 15.6. The fraction of sp³-hybridized carbons (Fsp3) is 0.333. The molecule has 0 spiro atoms. The highest BCUT2D eigenvalue weighted by Crippen LogP contribution is 2.46. The average molecular weight is 541 g/mol. The number of carbonyl (C=O) groups excluding carboxylic acids is 2. The van der Waals surface area contributed by atoms with Gasteiger partial charge in [0, 0.05) is 25.2 Å². The third kappa shape index (κ3) is 7.64. The summed E-state index contributed by atoms with van der Waals surface area (Å²) in [5, 5.41) is 7.66. The van der Waals surface area contributed by atoms with Gasteiger partial charge < -0.3 is 37.0 Å². The number of nitrogens with two attached hydrogens (primary N) is 1. The van der Waals surface area contributed by atoms with Crippen molar-refractivity contribution >= 4 is 52.4 Å². The van der Waals surface area contributed by atoms with E-state index < -0.39 is 22.4 Å². The van der Waals surface area contributed by atoms with Crippen molar-refractivity contribution in [1.82, 2.24) is 4.67 Å². The highest BCUT2D eigenvalue weighted by molar-refractivity contribution is 8.56. The molecule has 0 aliphatic carbocycles. The Labute approximate surface area is 211 Å². The SMILES string of the molecule is Nc1ccc(OC(=O)CCCO[N+](=O)[O-])c(C(=O)Oc2ccc(P(=S)([S-])N3CCOCC3)cc2)c1. The van der Waals surface area contributed by atoms with Crippen LogP contribution in [0, 0.1) is 10.1 Å². The van der Waals surface area contributed by atoms with Crippen molar-refractivity contribution in [3.63, 3.8) is 0 Å². The molecule has 2 aromatic carbocycles. The third-order valence-corrected chi connectivity index (χ3v) is 9.65. The summed E-state index contributed by atoms with van der Waals surface area (Å²) in [5.74, 6) is -1.27. The van der Waals surface area contributed by atoms with Gasteiger partial charge in [0.15, 0.2) is 0 Å². The van der Waals surface area contributed by atoms with Crippen molar-refractivity contribution in [2.75, 3.05) is 38.6 Å². The third-order valence-electron chi connectivity index (χ3n) is 4.90. The Bertz CT molecular complexity index is 1130. The lowest BCUT2D eigenvalue weighted by atomic mass is 10.1. The molecule has 188 valence electrons. The Kier molecular flexibility index (Phi) is 9.47. The van der Waals surface area contributed by atoms with Gasteiger partial charge in [0.05, 0.1) is 19.8 Å². The standard InChI is InChI=1S/C21H24N3O8PS2/c22-15-3-8-19(32-20(25)2-1-11-30-24(27)28)18(14-15)21(26)31-16-4-6-17(7-5-16)33(34,35)23-9-12-29-13-10-23/h3-8,14H,1-2,9-13,22H2,(H,34,35)/p-1. The zero-order valence-corrected chi connectivity index (χ0v) is 21.0. The largest absolute Gasteiger partial charge is 0.727 e. The number of esters is 2. The van der Waals surface area contributed by atoms with Gasteiger partial charge in [0.1, 0.15) is 17.1 Å². The quantitative estimate of drug-likeness (QED) is 0.0689. The number of hydrogen-bond donors (Lipinski definition) is 1. The molecule has 0 aromatic heterocycles. The summed E-state index contributed by atoms with van der Waals surface area (Å²) >= 11 is 11.5. The molecule has 2 N–H and O–H groups in total. The van der Waals surface area contributed by atoms with E-state index >= 15 is 0 Å². The van der Waals surface area contributed by atoms with Crippen LogP contribution in [0.5, 0.6) is 11.5 Å². The van der Waals surface area contributed by atoms with Crippen LogP contribution in [-0.2, 0) is 38.4 Å². The second-order valence-corrected chi connectivity index (χ2v) is 13.3. The van der Waals surface area contributed by atoms with Crippen LogP contribution in [0.15, 0.2) is 42.5 Å². The molecule has 2 aromatic rings. The molecule has 3 rings (SSSR count). The molecule has 1 heterocycles. The predicted octanol–water partition coefficient (Wildman–Crippen LogP) is 2.20. The summed E-state index contributed by atoms with van der Waals surface area (Å²) in [5.41, 5.74) is 6.01. The number of ether oxygens (including phenoxy) is 3. The smallest absolute Gasteiger partial charge is 0.347 e. The van der Waals surface area contributed by atoms with Gasteiger partial charge in [0.25, 0.3) is 5.09 Å². The van der Waals surface area contributed by atoms with Crippen LogP contribution in [0.25, 0.3) is 0 Å². The van der Waals surface area contributed by atoms with E-state index in [0.717, 1.165) is 5.30 Å². The lowest BCUT2D eigenvalue weighted by Gasteiger charge is -2.43. The van der Waals surface area contributed by atoms with Crippen molar-refractivity contribution in [3.8, 4) is 11.5 Å². The number of nitrogens with zero attached hydrogens (tertiary/aromatic N) is 2. The molecule has 0 bridgehead atoms. The summed E-state index contributed by atoms with van der Waals surface area (Å²) in [4.78, 5) is 39.2. The van der Waals surface area contributed by atoms with Gasteiger partial charge >= 0.3 is 11.9 Å². The van der Waals surface area contributed by atoms with Crippen molar-refractivity contribution in [2.45, 2.75) is 12.8 Å². The van der Waals surface area contributed by atoms with E-state index in [4.69, 9.17) is 44.0 Å². The number of carbonyl (C=O) groups is 2. The minimum Gasteiger partial charge on any atom is -0.727 e. The molecular formula is C21H23N3O8PS2-. The highest BCUT2D eigenvalue weighted by atomic mass is 32.9. The molecule has 14 heteroatoms. The Hall–Kier alpha value is -2.70.